The molecule has 0 N–H and O–H groups in total. The minimum atomic E-state index is -0.376. The van der Waals surface area contributed by atoms with E-state index in [9.17, 15) is 4.79 Å². The molecule has 0 aliphatic rings. The van der Waals surface area contributed by atoms with Crippen molar-refractivity contribution in [2.24, 2.45) is 0 Å². The van der Waals surface area contributed by atoms with Gasteiger partial charge in [-0.25, -0.2) is 4.79 Å². The van der Waals surface area contributed by atoms with Gasteiger partial charge in [-0.1, -0.05) is 49.1 Å². The van der Waals surface area contributed by atoms with Crippen LogP contribution in [0.5, 0.6) is 0 Å². The Bertz CT molecular complexity index is 407. The number of esters is 1. The quantitative estimate of drug-likeness (QED) is 0.421. The lowest BCUT2D eigenvalue weighted by Crippen LogP contribution is -2.10. The lowest BCUT2D eigenvalue weighted by atomic mass is 10.2. The molecule has 18 heavy (non-hydrogen) atoms. The first kappa shape index (κ1) is 14.2. The fourth-order valence-electron chi connectivity index (χ4n) is 1.22. The summed E-state index contributed by atoms with van der Waals surface area (Å²) < 4.78 is 10.2. The molecular formula is C15H18O3. The highest BCUT2D eigenvalue weighted by Gasteiger charge is 2.01. The van der Waals surface area contributed by atoms with Crippen LogP contribution in [0.3, 0.4) is 0 Å². The predicted molar refractivity (Wildman–Crippen MR) is 72.1 cm³/mol. The number of rotatable bonds is 7. The molecule has 3 heteroatoms. The number of hydrogen-bond donors (Lipinski definition) is 0. The van der Waals surface area contributed by atoms with Crippen LogP contribution in [0.4, 0.5) is 0 Å². The maximum absolute atomic E-state index is 11.0. The van der Waals surface area contributed by atoms with Crippen LogP contribution in [0.2, 0.25) is 0 Å². The van der Waals surface area contributed by atoms with Crippen molar-refractivity contribution in [2.75, 3.05) is 19.8 Å². The lowest BCUT2D eigenvalue weighted by molar-refractivity contribution is -0.140. The Morgan fingerprint density at radius 3 is 2.67 bits per heavy atom. The van der Waals surface area contributed by atoms with E-state index in [0.29, 0.717) is 18.8 Å². The molecule has 1 aromatic carbocycles. The smallest absolute Gasteiger partial charge is 0.333 e. The number of hydrogen-bond acceptors (Lipinski definition) is 3. The second kappa shape index (κ2) is 8.25. The Morgan fingerprint density at radius 1 is 1.28 bits per heavy atom. The Balaban J connectivity index is 2.07. The van der Waals surface area contributed by atoms with E-state index >= 15 is 0 Å². The molecule has 0 heterocycles. The van der Waals surface area contributed by atoms with E-state index in [0.717, 1.165) is 5.56 Å². The van der Waals surface area contributed by atoms with Crippen molar-refractivity contribution in [1.29, 1.82) is 0 Å². The minimum Gasteiger partial charge on any atom is -0.460 e. The summed E-state index contributed by atoms with van der Waals surface area (Å²) in [5, 5.41) is 0. The van der Waals surface area contributed by atoms with Crippen LogP contribution in [0.15, 0.2) is 48.6 Å². The van der Waals surface area contributed by atoms with Gasteiger partial charge >= 0.3 is 5.97 Å². The average molecular weight is 246 g/mol. The molecule has 0 aromatic heterocycles. The maximum Gasteiger partial charge on any atom is 0.333 e. The van der Waals surface area contributed by atoms with Crippen molar-refractivity contribution >= 4 is 12.0 Å². The molecule has 0 saturated carbocycles. The van der Waals surface area contributed by atoms with Gasteiger partial charge < -0.3 is 9.47 Å². The third-order valence-electron chi connectivity index (χ3n) is 2.13. The number of ether oxygens (including phenoxy) is 2. The summed E-state index contributed by atoms with van der Waals surface area (Å²) in [6, 6.07) is 9.98. The first-order valence-corrected chi connectivity index (χ1v) is 5.82. The third kappa shape index (κ3) is 6.01. The van der Waals surface area contributed by atoms with Crippen LogP contribution in [0, 0.1) is 0 Å². The van der Waals surface area contributed by atoms with Gasteiger partial charge in [-0.3, -0.25) is 0 Å². The van der Waals surface area contributed by atoms with Crippen LogP contribution in [-0.4, -0.2) is 25.8 Å². The highest BCUT2D eigenvalue weighted by molar-refractivity contribution is 5.86. The van der Waals surface area contributed by atoms with E-state index in [4.69, 9.17) is 9.47 Å². The summed E-state index contributed by atoms with van der Waals surface area (Å²) in [4.78, 5) is 11.0. The summed E-state index contributed by atoms with van der Waals surface area (Å²) in [5.74, 6) is -0.376. The van der Waals surface area contributed by atoms with E-state index < -0.39 is 0 Å². The monoisotopic (exact) mass is 246 g/mol. The zero-order chi connectivity index (χ0) is 13.2. The summed E-state index contributed by atoms with van der Waals surface area (Å²) in [6.07, 6.45) is 3.91. The second-order valence-corrected chi connectivity index (χ2v) is 3.80. The fraction of sp³-hybridized carbons (Fsp3) is 0.267. The standard InChI is InChI=1S/C15H18O3/c1-13(2)15(16)18-12-11-17-10-6-9-14-7-4-3-5-8-14/h3-9H,1,10-12H2,2H3/b9-6+. The molecule has 3 nitrogen and oxygen atoms in total. The van der Waals surface area contributed by atoms with Crippen molar-refractivity contribution in [1.82, 2.24) is 0 Å². The van der Waals surface area contributed by atoms with Gasteiger partial charge in [0.25, 0.3) is 0 Å². The van der Waals surface area contributed by atoms with E-state index in [1.807, 2.05) is 42.5 Å². The highest BCUT2D eigenvalue weighted by Crippen LogP contribution is 2.00. The molecule has 0 fully saturated rings. The molecule has 0 unspecified atom stereocenters. The Hall–Kier alpha value is -1.87. The summed E-state index contributed by atoms with van der Waals surface area (Å²) in [7, 11) is 0. The summed E-state index contributed by atoms with van der Waals surface area (Å²) in [6.45, 7) is 6.25. The minimum absolute atomic E-state index is 0.255. The van der Waals surface area contributed by atoms with E-state index in [-0.39, 0.29) is 12.6 Å². The summed E-state index contributed by atoms with van der Waals surface area (Å²) in [5.41, 5.74) is 1.54. The van der Waals surface area contributed by atoms with Gasteiger partial charge in [-0.05, 0) is 12.5 Å². The zero-order valence-electron chi connectivity index (χ0n) is 10.6. The number of benzene rings is 1. The van der Waals surface area contributed by atoms with Gasteiger partial charge in [-0.15, -0.1) is 0 Å². The topological polar surface area (TPSA) is 35.5 Å². The normalized spacial score (nSPS) is 10.5. The van der Waals surface area contributed by atoms with E-state index in [2.05, 4.69) is 6.58 Å². The Kier molecular flexibility index (Phi) is 6.51. The molecule has 0 atom stereocenters. The van der Waals surface area contributed by atoms with Crippen molar-refractivity contribution in [3.8, 4) is 0 Å². The maximum atomic E-state index is 11.0. The van der Waals surface area contributed by atoms with Crippen molar-refractivity contribution in [3.63, 3.8) is 0 Å². The van der Waals surface area contributed by atoms with Gasteiger partial charge in [0.1, 0.15) is 6.61 Å². The van der Waals surface area contributed by atoms with Gasteiger partial charge in [0, 0.05) is 5.57 Å². The van der Waals surface area contributed by atoms with Gasteiger partial charge in [-0.2, -0.15) is 0 Å². The van der Waals surface area contributed by atoms with Crippen LogP contribution in [0.25, 0.3) is 6.08 Å². The highest BCUT2D eigenvalue weighted by atomic mass is 16.6. The predicted octanol–water partition coefficient (Wildman–Crippen LogP) is 2.84. The largest absolute Gasteiger partial charge is 0.460 e. The van der Waals surface area contributed by atoms with Crippen LogP contribution in [0.1, 0.15) is 12.5 Å². The molecule has 0 amide bonds. The molecule has 0 aliphatic carbocycles. The fourth-order valence-corrected chi connectivity index (χ4v) is 1.22. The molecule has 1 aromatic rings. The first-order valence-electron chi connectivity index (χ1n) is 5.82. The van der Waals surface area contributed by atoms with Crippen molar-refractivity contribution < 1.29 is 14.3 Å². The molecule has 1 rings (SSSR count). The van der Waals surface area contributed by atoms with Crippen molar-refractivity contribution in [2.45, 2.75) is 6.92 Å². The van der Waals surface area contributed by atoms with E-state index in [1.165, 1.54) is 0 Å². The van der Waals surface area contributed by atoms with Gasteiger partial charge in [0.15, 0.2) is 0 Å². The number of carbonyl (C=O) groups excluding carboxylic acids is 1. The van der Waals surface area contributed by atoms with Gasteiger partial charge in [0.05, 0.1) is 13.2 Å². The van der Waals surface area contributed by atoms with Crippen LogP contribution >= 0.6 is 0 Å². The molecule has 0 bridgehead atoms. The molecule has 0 aliphatic heterocycles. The SMILES string of the molecule is C=C(C)C(=O)OCCOC/C=C/c1ccccc1. The van der Waals surface area contributed by atoms with Crippen LogP contribution in [-0.2, 0) is 14.3 Å². The zero-order valence-corrected chi connectivity index (χ0v) is 10.6. The second-order valence-electron chi connectivity index (χ2n) is 3.80. The van der Waals surface area contributed by atoms with Crippen molar-refractivity contribution in [3.05, 3.63) is 54.1 Å². The Morgan fingerprint density at radius 2 is 2.00 bits per heavy atom. The molecule has 96 valence electrons. The van der Waals surface area contributed by atoms with Gasteiger partial charge in [0.2, 0.25) is 0 Å². The average Bonchev–Trinajstić information content (AvgIpc) is 2.38. The van der Waals surface area contributed by atoms with E-state index in [1.54, 1.807) is 6.92 Å². The Labute approximate surface area is 108 Å². The third-order valence-corrected chi connectivity index (χ3v) is 2.13. The summed E-state index contributed by atoms with van der Waals surface area (Å²) >= 11 is 0. The molecule has 0 saturated heterocycles. The number of carbonyl (C=O) groups is 1. The first-order chi connectivity index (χ1) is 8.70. The molecule has 0 spiro atoms. The lowest BCUT2D eigenvalue weighted by Gasteiger charge is -2.03. The molecule has 0 radical (unpaired) electrons. The molecular weight excluding hydrogens is 228 g/mol. The van der Waals surface area contributed by atoms with Crippen LogP contribution < -0.4 is 0 Å².